The zero-order valence-electron chi connectivity index (χ0n) is 24.9. The monoisotopic (exact) mass is 760 g/mol. The van der Waals surface area contributed by atoms with Crippen molar-refractivity contribution in [1.82, 2.24) is 18.7 Å². The normalized spacial score (nSPS) is 11.6. The van der Waals surface area contributed by atoms with Crippen molar-refractivity contribution in [2.45, 2.75) is 53.5 Å². The van der Waals surface area contributed by atoms with Crippen LogP contribution in [0.4, 0.5) is 0 Å². The second-order valence-corrected chi connectivity index (χ2v) is 12.1. The van der Waals surface area contributed by atoms with Gasteiger partial charge in [0.15, 0.2) is 17.4 Å². The van der Waals surface area contributed by atoms with E-state index in [1.807, 2.05) is 24.4 Å². The van der Waals surface area contributed by atoms with Crippen LogP contribution in [0.3, 0.4) is 0 Å². The number of pyridine rings is 1. The van der Waals surface area contributed by atoms with Gasteiger partial charge in [0.1, 0.15) is 5.82 Å². The van der Waals surface area contributed by atoms with Gasteiger partial charge in [-0.1, -0.05) is 58.0 Å². The van der Waals surface area contributed by atoms with Gasteiger partial charge in [-0.15, -0.1) is 29.7 Å². The molecule has 0 N–H and O–H groups in total. The van der Waals surface area contributed by atoms with Crippen molar-refractivity contribution in [3.63, 3.8) is 0 Å². The molecule has 7 aromatic rings. The zero-order valence-corrected chi connectivity index (χ0v) is 27.2. The molecule has 0 amide bonds. The topological polar surface area (TPSA) is 36.9 Å². The van der Waals surface area contributed by atoms with Crippen molar-refractivity contribution in [2.24, 2.45) is 0 Å². The van der Waals surface area contributed by atoms with Crippen LogP contribution < -0.4 is 4.74 Å². The van der Waals surface area contributed by atoms with Crippen molar-refractivity contribution in [3.8, 4) is 23.0 Å². The first-order chi connectivity index (χ1) is 20.3. The van der Waals surface area contributed by atoms with Crippen LogP contribution in [0.5, 0.6) is 11.5 Å². The molecule has 0 radical (unpaired) electrons. The Kier molecular flexibility index (Phi) is 8.55. The third-order valence-electron chi connectivity index (χ3n) is 7.85. The number of ether oxygens (including phenoxy) is 1. The van der Waals surface area contributed by atoms with Crippen LogP contribution in [-0.2, 0) is 26.5 Å². The average Bonchev–Trinajstić information content (AvgIpc) is 3.53. The largest absolute Gasteiger partial charge is 0.508 e. The van der Waals surface area contributed by atoms with Crippen molar-refractivity contribution >= 4 is 32.8 Å². The van der Waals surface area contributed by atoms with Gasteiger partial charge in [0.05, 0.1) is 6.04 Å². The number of para-hydroxylation sites is 3. The van der Waals surface area contributed by atoms with Crippen molar-refractivity contribution < 1.29 is 25.8 Å². The minimum atomic E-state index is 0. The van der Waals surface area contributed by atoms with Gasteiger partial charge >= 0.3 is 0 Å². The maximum Gasteiger partial charge on any atom is 0.188 e. The summed E-state index contributed by atoms with van der Waals surface area (Å²) in [6, 6.07) is 38.6. The van der Waals surface area contributed by atoms with Gasteiger partial charge in [-0.3, -0.25) is 0 Å². The molecule has 6 heteroatoms. The Morgan fingerprint density at radius 1 is 0.773 bits per heavy atom. The van der Waals surface area contributed by atoms with Crippen LogP contribution in [0.2, 0.25) is 0 Å². The maximum absolute atomic E-state index is 6.41. The Balaban J connectivity index is 0.00000192. The second kappa shape index (κ2) is 12.1. The summed E-state index contributed by atoms with van der Waals surface area (Å²) in [6.45, 7) is 11.1. The Morgan fingerprint density at radius 3 is 2.23 bits per heavy atom. The van der Waals surface area contributed by atoms with Crippen LogP contribution >= 0.6 is 0 Å². The summed E-state index contributed by atoms with van der Waals surface area (Å²) in [5, 5.41) is 2.26. The van der Waals surface area contributed by atoms with Crippen LogP contribution in [0.25, 0.3) is 44.3 Å². The minimum absolute atomic E-state index is 0. The van der Waals surface area contributed by atoms with E-state index in [9.17, 15) is 0 Å². The molecular formula is C38H37N4OPt-. The molecule has 3 aromatic heterocycles. The van der Waals surface area contributed by atoms with E-state index in [0.717, 1.165) is 38.8 Å². The van der Waals surface area contributed by atoms with Crippen molar-refractivity contribution in [2.75, 3.05) is 0 Å². The van der Waals surface area contributed by atoms with E-state index < -0.39 is 0 Å². The number of rotatable bonds is 5. The fourth-order valence-corrected chi connectivity index (χ4v) is 5.67. The predicted octanol–water partition coefficient (Wildman–Crippen LogP) is 10.1. The molecule has 5 nitrogen and oxygen atoms in total. The van der Waals surface area contributed by atoms with E-state index in [-0.39, 0.29) is 33.9 Å². The molecule has 0 aliphatic carbocycles. The first kappa shape index (κ1) is 31.2. The van der Waals surface area contributed by atoms with Gasteiger partial charge in [-0.25, -0.2) is 14.1 Å². The van der Waals surface area contributed by atoms with E-state index in [1.165, 1.54) is 11.1 Å². The molecule has 0 spiro atoms. The first-order valence-electron chi connectivity index (χ1n) is 14.4. The summed E-state index contributed by atoms with van der Waals surface area (Å²) >= 11 is 0. The van der Waals surface area contributed by atoms with Gasteiger partial charge in [0, 0.05) is 62.1 Å². The quantitative estimate of drug-likeness (QED) is 0.164. The van der Waals surface area contributed by atoms with Crippen molar-refractivity contribution in [1.29, 1.82) is 0 Å². The third-order valence-corrected chi connectivity index (χ3v) is 7.85. The molecule has 0 aliphatic heterocycles. The van der Waals surface area contributed by atoms with Gasteiger partial charge in [0.2, 0.25) is 0 Å². The summed E-state index contributed by atoms with van der Waals surface area (Å²) in [4.78, 5) is 4.78. The Hall–Kier alpha value is -4.21. The summed E-state index contributed by atoms with van der Waals surface area (Å²) in [5.41, 5.74) is 6.48. The first-order valence-corrected chi connectivity index (χ1v) is 14.4. The predicted molar refractivity (Wildman–Crippen MR) is 178 cm³/mol. The van der Waals surface area contributed by atoms with E-state index in [1.54, 1.807) is 0 Å². The molecule has 226 valence electrons. The number of fused-ring (bicyclic) bond motifs is 4. The molecule has 4 aromatic carbocycles. The van der Waals surface area contributed by atoms with E-state index in [4.69, 9.17) is 9.72 Å². The Morgan fingerprint density at radius 2 is 1.48 bits per heavy atom. The standard InChI is InChI=1S/C37H33N4O.CH4.Pt/c1-25(2)39-24-40(34-16-9-8-15-33(34)39)27-11-10-12-28(22-27)42-29-17-18-31-30-13-6-7-14-32(30)41(35(31)23-29)36-21-26(19-20-38-36)37(3,4)5;;/h6-21,24-25H,1-5H3;1H4;/q-1;;. The molecule has 0 saturated heterocycles. The molecule has 7 rings (SSSR count). The summed E-state index contributed by atoms with van der Waals surface area (Å²) in [7, 11) is 0. The van der Waals surface area contributed by atoms with E-state index >= 15 is 0 Å². The van der Waals surface area contributed by atoms with Gasteiger partial charge < -0.3 is 9.30 Å². The van der Waals surface area contributed by atoms with Crippen LogP contribution in [-0.4, -0.2) is 18.7 Å². The smallest absolute Gasteiger partial charge is 0.188 e. The number of hydrogen-bond donors (Lipinski definition) is 0. The molecule has 0 aliphatic rings. The summed E-state index contributed by atoms with van der Waals surface area (Å²) in [6.07, 6.45) is 4.03. The zero-order chi connectivity index (χ0) is 29.0. The number of aromatic nitrogens is 4. The number of nitrogens with zero attached hydrogens (tertiary/aromatic N) is 4. The number of benzene rings is 4. The van der Waals surface area contributed by atoms with Gasteiger partial charge in [-0.05, 0) is 60.5 Å². The molecule has 0 unspecified atom stereocenters. The van der Waals surface area contributed by atoms with Crippen molar-refractivity contribution in [3.05, 3.63) is 121 Å². The van der Waals surface area contributed by atoms with E-state index in [0.29, 0.717) is 17.5 Å². The Labute approximate surface area is 274 Å². The minimum Gasteiger partial charge on any atom is -0.508 e. The number of imidazole rings is 1. The Bertz CT molecular complexity index is 2100. The van der Waals surface area contributed by atoms with Crippen LogP contribution in [0.1, 0.15) is 53.7 Å². The fourth-order valence-electron chi connectivity index (χ4n) is 5.67. The molecule has 0 saturated carbocycles. The summed E-state index contributed by atoms with van der Waals surface area (Å²) in [5.74, 6) is 2.13. The average molecular weight is 761 g/mol. The molecule has 0 atom stereocenters. The third kappa shape index (κ3) is 5.46. The van der Waals surface area contributed by atoms with Gasteiger partial charge in [-0.2, -0.15) is 12.1 Å². The summed E-state index contributed by atoms with van der Waals surface area (Å²) < 4.78 is 13.0. The second-order valence-electron chi connectivity index (χ2n) is 12.1. The molecular weight excluding hydrogens is 724 g/mol. The van der Waals surface area contributed by atoms with Crippen LogP contribution in [0, 0.1) is 12.1 Å². The molecule has 44 heavy (non-hydrogen) atoms. The fraction of sp³-hybridized carbons (Fsp3) is 0.211. The molecule has 0 fully saturated rings. The maximum atomic E-state index is 6.41. The number of hydrogen-bond acceptors (Lipinski definition) is 2. The van der Waals surface area contributed by atoms with Gasteiger partial charge in [0.25, 0.3) is 0 Å². The van der Waals surface area contributed by atoms with Crippen LogP contribution in [0.15, 0.2) is 104 Å². The SMILES string of the molecule is C.CC(C)n1[cH+]n(-c2[c-]c(Oc3[c-]c4c(cc3)c3ccccc3n4-c3cc(C(C)(C)C)ccn3)ccc2)c2ccccc21.[Pt]. The van der Waals surface area contributed by atoms with E-state index in [2.05, 4.69) is 140 Å². The molecule has 0 bridgehead atoms. The molecule has 3 heterocycles.